The van der Waals surface area contributed by atoms with Gasteiger partial charge in [-0.1, -0.05) is 17.7 Å². The summed E-state index contributed by atoms with van der Waals surface area (Å²) in [7, 11) is -3.82. The molecule has 1 amide bonds. The van der Waals surface area contributed by atoms with Crippen LogP contribution in [0.15, 0.2) is 48.5 Å². The second-order valence-corrected chi connectivity index (χ2v) is 8.39. The summed E-state index contributed by atoms with van der Waals surface area (Å²) in [6, 6.07) is 10.5. The van der Waals surface area contributed by atoms with Crippen molar-refractivity contribution in [3.05, 3.63) is 59.1 Å². The van der Waals surface area contributed by atoms with E-state index >= 15 is 0 Å². The maximum atomic E-state index is 12.9. The summed E-state index contributed by atoms with van der Waals surface area (Å²) >= 11 is 5.76. The smallest absolute Gasteiger partial charge is 0.326 e. The molecule has 0 spiro atoms. The summed E-state index contributed by atoms with van der Waals surface area (Å²) in [5.41, 5.74) is -0.512. The first kappa shape index (κ1) is 22.0. The summed E-state index contributed by atoms with van der Waals surface area (Å²) in [6.45, 7) is -0.131. The molecule has 0 atom stereocenters. The Morgan fingerprint density at radius 1 is 1.14 bits per heavy atom. The van der Waals surface area contributed by atoms with Gasteiger partial charge in [-0.3, -0.25) is 9.10 Å². The Morgan fingerprint density at radius 3 is 2.36 bits per heavy atom. The molecule has 0 aromatic heterocycles. The molecule has 0 bridgehead atoms. The van der Waals surface area contributed by atoms with Gasteiger partial charge in [0.25, 0.3) is 0 Å². The van der Waals surface area contributed by atoms with E-state index < -0.39 is 21.8 Å². The molecule has 2 rings (SSSR count). The van der Waals surface area contributed by atoms with E-state index in [4.69, 9.17) is 11.6 Å². The molecule has 2 aromatic rings. The fourth-order valence-electron chi connectivity index (χ4n) is 2.46. The number of benzene rings is 2. The lowest BCUT2D eigenvalue weighted by Gasteiger charge is -2.23. The molecule has 0 saturated heterocycles. The lowest BCUT2D eigenvalue weighted by molar-refractivity contribution is -0.137. The zero-order valence-corrected chi connectivity index (χ0v) is 16.4. The van der Waals surface area contributed by atoms with Gasteiger partial charge in [0.1, 0.15) is 0 Å². The van der Waals surface area contributed by atoms with E-state index in [0.29, 0.717) is 10.7 Å². The molecule has 0 heterocycles. The van der Waals surface area contributed by atoms with E-state index in [1.807, 2.05) is 0 Å². The Kier molecular flexibility index (Phi) is 6.95. The van der Waals surface area contributed by atoms with Crippen LogP contribution >= 0.6 is 11.6 Å². The Morgan fingerprint density at radius 2 is 1.79 bits per heavy atom. The van der Waals surface area contributed by atoms with Crippen LogP contribution in [0.4, 0.5) is 24.5 Å². The minimum absolute atomic E-state index is 0.00634. The van der Waals surface area contributed by atoms with Crippen molar-refractivity contribution in [2.45, 2.75) is 19.0 Å². The van der Waals surface area contributed by atoms with Gasteiger partial charge >= 0.3 is 6.18 Å². The molecule has 2 aromatic carbocycles. The Labute approximate surface area is 166 Å². The zero-order chi connectivity index (χ0) is 20.9. The molecule has 0 saturated carbocycles. The first-order chi connectivity index (χ1) is 13.0. The number of alkyl halides is 3. The predicted octanol–water partition coefficient (Wildman–Crippen LogP) is 4.54. The molecule has 0 radical (unpaired) electrons. The number of anilines is 2. The number of amides is 1. The second kappa shape index (κ2) is 8.83. The zero-order valence-electron chi connectivity index (χ0n) is 14.8. The van der Waals surface area contributed by atoms with E-state index in [0.717, 1.165) is 28.8 Å². The van der Waals surface area contributed by atoms with Crippen molar-refractivity contribution in [2.24, 2.45) is 0 Å². The van der Waals surface area contributed by atoms with Crippen LogP contribution in [0.1, 0.15) is 18.4 Å². The van der Waals surface area contributed by atoms with E-state index in [2.05, 4.69) is 5.32 Å². The summed E-state index contributed by atoms with van der Waals surface area (Å²) in [6.07, 6.45) is -3.56. The van der Waals surface area contributed by atoms with Gasteiger partial charge in [0, 0.05) is 23.7 Å². The van der Waals surface area contributed by atoms with Gasteiger partial charge in [-0.05, 0) is 48.9 Å². The van der Waals surface area contributed by atoms with Crippen LogP contribution in [0.5, 0.6) is 0 Å². The number of sulfonamides is 1. The van der Waals surface area contributed by atoms with Gasteiger partial charge in [-0.15, -0.1) is 0 Å². The first-order valence-electron chi connectivity index (χ1n) is 8.17. The number of halogens is 4. The highest BCUT2D eigenvalue weighted by atomic mass is 35.5. The number of nitrogens with zero attached hydrogens (tertiary/aromatic N) is 1. The number of carbonyl (C=O) groups is 1. The molecular formula is C18H18ClF3N2O3S. The summed E-state index contributed by atoms with van der Waals surface area (Å²) in [4.78, 5) is 12.0. The normalized spacial score (nSPS) is 11.9. The topological polar surface area (TPSA) is 66.5 Å². The van der Waals surface area contributed by atoms with Gasteiger partial charge < -0.3 is 5.32 Å². The molecule has 0 unspecified atom stereocenters. The van der Waals surface area contributed by atoms with Gasteiger partial charge in [0.15, 0.2) is 0 Å². The van der Waals surface area contributed by atoms with E-state index in [1.54, 1.807) is 24.3 Å². The largest absolute Gasteiger partial charge is 0.416 e. The van der Waals surface area contributed by atoms with E-state index in [9.17, 15) is 26.4 Å². The van der Waals surface area contributed by atoms with Crippen LogP contribution in [-0.2, 0) is 21.0 Å². The quantitative estimate of drug-likeness (QED) is 0.695. The van der Waals surface area contributed by atoms with Crippen molar-refractivity contribution in [1.82, 2.24) is 0 Å². The van der Waals surface area contributed by atoms with E-state index in [-0.39, 0.29) is 31.0 Å². The number of hydrogen-bond donors (Lipinski definition) is 1. The standard InChI is InChI=1S/C18H18ClF3N2O3S/c1-28(26,27)24(16-5-2-4-13(12-16)18(20,21)22)11-3-6-17(25)23-15-9-7-14(19)8-10-15/h2,4-5,7-10,12H,3,6,11H2,1H3,(H,23,25). The molecule has 0 aliphatic rings. The van der Waals surface area contributed by atoms with Crippen LogP contribution in [0, 0.1) is 0 Å². The van der Waals surface area contributed by atoms with Crippen LogP contribution in [0.25, 0.3) is 0 Å². The molecular weight excluding hydrogens is 417 g/mol. The number of carbonyl (C=O) groups excluding carboxylic acids is 1. The molecule has 152 valence electrons. The van der Waals surface area contributed by atoms with Crippen LogP contribution in [0.2, 0.25) is 5.02 Å². The minimum atomic E-state index is -4.59. The lowest BCUT2D eigenvalue weighted by atomic mass is 10.2. The van der Waals surface area contributed by atoms with Crippen molar-refractivity contribution < 1.29 is 26.4 Å². The van der Waals surface area contributed by atoms with Crippen LogP contribution in [0.3, 0.4) is 0 Å². The maximum absolute atomic E-state index is 12.9. The number of rotatable bonds is 7. The fourth-order valence-corrected chi connectivity index (χ4v) is 3.55. The van der Waals surface area contributed by atoms with Crippen molar-refractivity contribution in [3.63, 3.8) is 0 Å². The third kappa shape index (κ3) is 6.42. The third-order valence-electron chi connectivity index (χ3n) is 3.75. The summed E-state index contributed by atoms with van der Waals surface area (Å²) in [5, 5.41) is 3.15. The van der Waals surface area contributed by atoms with Crippen molar-refractivity contribution >= 4 is 38.9 Å². The monoisotopic (exact) mass is 434 g/mol. The molecule has 5 nitrogen and oxygen atoms in total. The van der Waals surface area contributed by atoms with Crippen molar-refractivity contribution in [3.8, 4) is 0 Å². The Hall–Kier alpha value is -2.26. The van der Waals surface area contributed by atoms with E-state index in [1.165, 1.54) is 6.07 Å². The number of hydrogen-bond acceptors (Lipinski definition) is 3. The van der Waals surface area contributed by atoms with Gasteiger partial charge in [-0.2, -0.15) is 13.2 Å². The lowest BCUT2D eigenvalue weighted by Crippen LogP contribution is -2.31. The fraction of sp³-hybridized carbons (Fsp3) is 0.278. The van der Waals surface area contributed by atoms with Crippen LogP contribution < -0.4 is 9.62 Å². The maximum Gasteiger partial charge on any atom is 0.416 e. The predicted molar refractivity (Wildman–Crippen MR) is 103 cm³/mol. The SMILES string of the molecule is CS(=O)(=O)N(CCCC(=O)Nc1ccc(Cl)cc1)c1cccc(C(F)(F)F)c1. The van der Waals surface area contributed by atoms with Crippen LogP contribution in [-0.4, -0.2) is 27.1 Å². The Balaban J connectivity index is 2.04. The molecule has 1 N–H and O–H groups in total. The molecule has 0 aliphatic carbocycles. The number of nitrogens with one attached hydrogen (secondary N) is 1. The first-order valence-corrected chi connectivity index (χ1v) is 10.4. The minimum Gasteiger partial charge on any atom is -0.326 e. The highest BCUT2D eigenvalue weighted by Crippen LogP contribution is 2.32. The second-order valence-electron chi connectivity index (χ2n) is 6.04. The average Bonchev–Trinajstić information content (AvgIpc) is 2.59. The third-order valence-corrected chi connectivity index (χ3v) is 5.20. The highest BCUT2D eigenvalue weighted by Gasteiger charge is 2.31. The molecule has 10 heteroatoms. The van der Waals surface area contributed by atoms with Crippen molar-refractivity contribution in [1.29, 1.82) is 0 Å². The van der Waals surface area contributed by atoms with Crippen molar-refractivity contribution in [2.75, 3.05) is 22.4 Å². The molecule has 0 aliphatic heterocycles. The van der Waals surface area contributed by atoms with Gasteiger partial charge in [-0.25, -0.2) is 8.42 Å². The molecule has 28 heavy (non-hydrogen) atoms. The highest BCUT2D eigenvalue weighted by molar-refractivity contribution is 7.92. The Bertz CT molecular complexity index is 932. The van der Waals surface area contributed by atoms with Gasteiger partial charge in [0.05, 0.1) is 17.5 Å². The average molecular weight is 435 g/mol. The summed E-state index contributed by atoms with van der Waals surface area (Å²) < 4.78 is 63.6. The van der Waals surface area contributed by atoms with Gasteiger partial charge in [0.2, 0.25) is 15.9 Å². The molecule has 0 fully saturated rings. The summed E-state index contributed by atoms with van der Waals surface area (Å²) in [5.74, 6) is -0.347.